The topological polar surface area (TPSA) is 12.9 Å². The molecule has 0 aliphatic carbocycles. The Morgan fingerprint density at radius 3 is 2.50 bits per heavy atom. The minimum atomic E-state index is -2.47. The van der Waals surface area contributed by atoms with Gasteiger partial charge in [0.15, 0.2) is 0 Å². The van der Waals surface area contributed by atoms with E-state index < -0.39 is 6.43 Å². The molecule has 0 aromatic carbocycles. The first-order valence-corrected chi connectivity index (χ1v) is 4.51. The zero-order valence-electron chi connectivity index (χ0n) is 6.74. The van der Waals surface area contributed by atoms with Gasteiger partial charge in [0.1, 0.15) is 5.69 Å². The van der Waals surface area contributed by atoms with Crippen LogP contribution in [0.25, 0.3) is 0 Å². The number of aromatic nitrogens is 1. The van der Waals surface area contributed by atoms with Gasteiger partial charge in [0.25, 0.3) is 6.43 Å². The summed E-state index contributed by atoms with van der Waals surface area (Å²) in [6.45, 7) is 3.53. The van der Waals surface area contributed by atoms with E-state index in [9.17, 15) is 8.78 Å². The smallest absolute Gasteiger partial charge is 0.255 e. The van der Waals surface area contributed by atoms with Gasteiger partial charge in [0, 0.05) is 9.77 Å². The lowest BCUT2D eigenvalue weighted by atomic mass is 10.2. The molecular formula is C8H8F2IN. The lowest BCUT2D eigenvalue weighted by Crippen LogP contribution is -1.98. The average molecular weight is 283 g/mol. The molecule has 12 heavy (non-hydrogen) atoms. The number of nitrogens with zero attached hydrogens (tertiary/aromatic N) is 1. The standard InChI is InChI=1S/C8H8F2IN/c1-4-3-12-7(8(9)10)5(2)6(4)11/h3,8H,1-2H3. The van der Waals surface area contributed by atoms with Crippen molar-refractivity contribution in [2.24, 2.45) is 0 Å². The second-order valence-electron chi connectivity index (χ2n) is 2.57. The minimum Gasteiger partial charge on any atom is -0.255 e. The third-order valence-electron chi connectivity index (χ3n) is 1.66. The Kier molecular flexibility index (Phi) is 2.98. The molecule has 1 heterocycles. The predicted molar refractivity (Wildman–Crippen MR) is 51.4 cm³/mol. The predicted octanol–water partition coefficient (Wildman–Crippen LogP) is 3.24. The van der Waals surface area contributed by atoms with Gasteiger partial charge in [-0.2, -0.15) is 0 Å². The van der Waals surface area contributed by atoms with E-state index in [1.807, 2.05) is 6.92 Å². The van der Waals surface area contributed by atoms with Gasteiger partial charge in [-0.25, -0.2) is 8.78 Å². The van der Waals surface area contributed by atoms with Gasteiger partial charge in [-0.15, -0.1) is 0 Å². The zero-order chi connectivity index (χ0) is 9.30. The van der Waals surface area contributed by atoms with Crippen molar-refractivity contribution in [1.82, 2.24) is 4.98 Å². The van der Waals surface area contributed by atoms with E-state index in [4.69, 9.17) is 0 Å². The van der Waals surface area contributed by atoms with E-state index in [0.29, 0.717) is 5.56 Å². The molecule has 0 atom stereocenters. The molecule has 0 unspecified atom stereocenters. The van der Waals surface area contributed by atoms with Crippen LogP contribution < -0.4 is 0 Å². The van der Waals surface area contributed by atoms with Gasteiger partial charge in [-0.05, 0) is 47.6 Å². The van der Waals surface area contributed by atoms with E-state index in [2.05, 4.69) is 27.6 Å². The quantitative estimate of drug-likeness (QED) is 0.721. The monoisotopic (exact) mass is 283 g/mol. The summed E-state index contributed by atoms with van der Waals surface area (Å²) in [4.78, 5) is 3.68. The number of alkyl halides is 2. The molecule has 0 bridgehead atoms. The van der Waals surface area contributed by atoms with E-state index in [1.54, 1.807) is 6.92 Å². The summed E-state index contributed by atoms with van der Waals surface area (Å²) >= 11 is 2.05. The fourth-order valence-corrected chi connectivity index (χ4v) is 1.36. The van der Waals surface area contributed by atoms with Crippen molar-refractivity contribution in [2.45, 2.75) is 20.3 Å². The van der Waals surface area contributed by atoms with E-state index in [0.717, 1.165) is 9.13 Å². The molecular weight excluding hydrogens is 275 g/mol. The van der Waals surface area contributed by atoms with Crippen LogP contribution in [-0.2, 0) is 0 Å². The minimum absolute atomic E-state index is 0.106. The average Bonchev–Trinajstić information content (AvgIpc) is 2.00. The number of hydrogen-bond donors (Lipinski definition) is 0. The van der Waals surface area contributed by atoms with Gasteiger partial charge >= 0.3 is 0 Å². The van der Waals surface area contributed by atoms with Gasteiger partial charge in [0.05, 0.1) is 0 Å². The van der Waals surface area contributed by atoms with Gasteiger partial charge in [-0.3, -0.25) is 4.98 Å². The molecule has 0 N–H and O–H groups in total. The first-order valence-electron chi connectivity index (χ1n) is 3.43. The Labute approximate surface area is 83.3 Å². The van der Waals surface area contributed by atoms with Crippen LogP contribution in [0.15, 0.2) is 6.20 Å². The molecule has 66 valence electrons. The highest BCUT2D eigenvalue weighted by Crippen LogP contribution is 2.25. The largest absolute Gasteiger partial charge is 0.280 e. The van der Waals surface area contributed by atoms with Crippen molar-refractivity contribution >= 4 is 22.6 Å². The Hall–Kier alpha value is -0.260. The van der Waals surface area contributed by atoms with Crippen LogP contribution in [-0.4, -0.2) is 4.98 Å². The van der Waals surface area contributed by atoms with Crippen LogP contribution in [0.3, 0.4) is 0 Å². The highest BCUT2D eigenvalue weighted by molar-refractivity contribution is 14.1. The molecule has 4 heteroatoms. The Morgan fingerprint density at radius 1 is 1.42 bits per heavy atom. The van der Waals surface area contributed by atoms with E-state index in [1.165, 1.54) is 6.20 Å². The Bertz CT molecular complexity index is 299. The number of hydrogen-bond acceptors (Lipinski definition) is 1. The van der Waals surface area contributed by atoms with Crippen LogP contribution in [0.5, 0.6) is 0 Å². The highest BCUT2D eigenvalue weighted by atomic mass is 127. The summed E-state index contributed by atoms with van der Waals surface area (Å²) in [7, 11) is 0. The molecule has 0 fully saturated rings. The number of rotatable bonds is 1. The lowest BCUT2D eigenvalue weighted by Gasteiger charge is -2.07. The molecule has 1 aromatic rings. The number of aryl methyl sites for hydroxylation is 1. The van der Waals surface area contributed by atoms with Gasteiger partial charge < -0.3 is 0 Å². The highest BCUT2D eigenvalue weighted by Gasteiger charge is 2.14. The molecule has 0 amide bonds. The van der Waals surface area contributed by atoms with Crippen molar-refractivity contribution in [3.05, 3.63) is 26.6 Å². The molecule has 1 rings (SSSR count). The first kappa shape index (κ1) is 9.83. The number of halogens is 3. The first-order chi connectivity index (χ1) is 5.54. The summed E-state index contributed by atoms with van der Waals surface area (Å²) < 4.78 is 25.4. The molecule has 0 saturated heterocycles. The molecule has 0 radical (unpaired) electrons. The van der Waals surface area contributed by atoms with Crippen molar-refractivity contribution < 1.29 is 8.78 Å². The maximum absolute atomic E-state index is 12.3. The van der Waals surface area contributed by atoms with Crippen molar-refractivity contribution in [3.63, 3.8) is 0 Å². The third kappa shape index (κ3) is 1.73. The van der Waals surface area contributed by atoms with E-state index >= 15 is 0 Å². The van der Waals surface area contributed by atoms with Crippen molar-refractivity contribution in [3.8, 4) is 0 Å². The second kappa shape index (κ2) is 3.64. The number of pyridine rings is 1. The molecule has 0 saturated carbocycles. The maximum Gasteiger partial charge on any atom is 0.280 e. The fraction of sp³-hybridized carbons (Fsp3) is 0.375. The molecule has 1 aromatic heterocycles. The summed E-state index contributed by atoms with van der Waals surface area (Å²) in [5, 5.41) is 0. The molecule has 0 aliphatic heterocycles. The lowest BCUT2D eigenvalue weighted by molar-refractivity contribution is 0.145. The van der Waals surface area contributed by atoms with Crippen LogP contribution in [0.4, 0.5) is 8.78 Å². The molecule has 0 spiro atoms. The van der Waals surface area contributed by atoms with Crippen LogP contribution in [0.2, 0.25) is 0 Å². The Morgan fingerprint density at radius 2 is 2.00 bits per heavy atom. The molecule has 0 aliphatic rings. The zero-order valence-corrected chi connectivity index (χ0v) is 8.89. The van der Waals surface area contributed by atoms with Crippen molar-refractivity contribution in [2.75, 3.05) is 0 Å². The van der Waals surface area contributed by atoms with Gasteiger partial charge in [-0.1, -0.05) is 0 Å². The van der Waals surface area contributed by atoms with Crippen LogP contribution >= 0.6 is 22.6 Å². The SMILES string of the molecule is Cc1cnc(C(F)F)c(C)c1I. The molecule has 1 nitrogen and oxygen atoms in total. The van der Waals surface area contributed by atoms with Crippen molar-refractivity contribution in [1.29, 1.82) is 0 Å². The summed E-state index contributed by atoms with van der Waals surface area (Å²) in [5.74, 6) is 0. The Balaban J connectivity index is 3.27. The summed E-state index contributed by atoms with van der Waals surface area (Å²) in [6.07, 6.45) is -0.991. The maximum atomic E-state index is 12.3. The third-order valence-corrected chi connectivity index (χ3v) is 3.32. The normalized spacial score (nSPS) is 10.8. The van der Waals surface area contributed by atoms with E-state index in [-0.39, 0.29) is 5.69 Å². The summed E-state index contributed by atoms with van der Waals surface area (Å²) in [6, 6.07) is 0. The van der Waals surface area contributed by atoms with Crippen LogP contribution in [0, 0.1) is 17.4 Å². The van der Waals surface area contributed by atoms with Gasteiger partial charge in [0.2, 0.25) is 0 Å². The second-order valence-corrected chi connectivity index (χ2v) is 3.64. The van der Waals surface area contributed by atoms with Crippen LogP contribution in [0.1, 0.15) is 23.2 Å². The summed E-state index contributed by atoms with van der Waals surface area (Å²) in [5.41, 5.74) is 1.42. The fourth-order valence-electron chi connectivity index (χ4n) is 0.948.